The maximum atomic E-state index is 11.6. The van der Waals surface area contributed by atoms with E-state index >= 15 is 0 Å². The summed E-state index contributed by atoms with van der Waals surface area (Å²) >= 11 is 0. The zero-order valence-electron chi connectivity index (χ0n) is 10.4. The standard InChI is InChI=1S/C12H12N2O6/c15-10-7-20-5-4-13(10)6-8-2-1-3-9(14(18)19)11(8)12(16)17/h1-3H,4-7H2,(H,16,17). The van der Waals surface area contributed by atoms with Crippen LogP contribution in [0.1, 0.15) is 15.9 Å². The lowest BCUT2D eigenvalue weighted by molar-refractivity contribution is -0.385. The third-order valence-corrected chi connectivity index (χ3v) is 2.98. The number of morpholine rings is 1. The van der Waals surface area contributed by atoms with Gasteiger partial charge in [-0.25, -0.2) is 4.79 Å². The third kappa shape index (κ3) is 2.75. The van der Waals surface area contributed by atoms with Crippen molar-refractivity contribution in [2.24, 2.45) is 0 Å². The average molecular weight is 280 g/mol. The number of nitro groups is 1. The van der Waals surface area contributed by atoms with Crippen LogP contribution in [0.5, 0.6) is 0 Å². The molecule has 1 aliphatic heterocycles. The van der Waals surface area contributed by atoms with Gasteiger partial charge in [0.05, 0.1) is 11.5 Å². The number of nitro benzene ring substituents is 1. The van der Waals surface area contributed by atoms with Crippen LogP contribution in [0, 0.1) is 10.1 Å². The van der Waals surface area contributed by atoms with Gasteiger partial charge in [0, 0.05) is 19.2 Å². The molecule has 0 unspecified atom stereocenters. The number of carbonyl (C=O) groups excluding carboxylic acids is 1. The molecular weight excluding hydrogens is 268 g/mol. The molecule has 1 aromatic rings. The van der Waals surface area contributed by atoms with Gasteiger partial charge in [-0.15, -0.1) is 0 Å². The molecule has 0 spiro atoms. The van der Waals surface area contributed by atoms with Crippen LogP contribution < -0.4 is 0 Å². The van der Waals surface area contributed by atoms with Crippen LogP contribution in [-0.4, -0.2) is 46.6 Å². The van der Waals surface area contributed by atoms with Gasteiger partial charge in [-0.05, 0) is 5.56 Å². The van der Waals surface area contributed by atoms with E-state index in [0.29, 0.717) is 13.2 Å². The molecule has 2 rings (SSSR count). The highest BCUT2D eigenvalue weighted by Gasteiger charge is 2.26. The summed E-state index contributed by atoms with van der Waals surface area (Å²) in [4.78, 5) is 34.4. The number of aromatic carboxylic acids is 1. The molecule has 1 aromatic carbocycles. The molecule has 20 heavy (non-hydrogen) atoms. The molecule has 0 aromatic heterocycles. The normalized spacial score (nSPS) is 15.2. The lowest BCUT2D eigenvalue weighted by Crippen LogP contribution is -2.41. The molecule has 1 aliphatic rings. The van der Waals surface area contributed by atoms with E-state index in [2.05, 4.69) is 0 Å². The van der Waals surface area contributed by atoms with Gasteiger partial charge < -0.3 is 14.7 Å². The van der Waals surface area contributed by atoms with E-state index in [4.69, 9.17) is 9.84 Å². The third-order valence-electron chi connectivity index (χ3n) is 2.98. The minimum absolute atomic E-state index is 0.0194. The summed E-state index contributed by atoms with van der Waals surface area (Å²) in [6, 6.07) is 4.01. The van der Waals surface area contributed by atoms with E-state index < -0.39 is 16.6 Å². The first-order valence-corrected chi connectivity index (χ1v) is 5.86. The molecule has 1 fully saturated rings. The first-order chi connectivity index (χ1) is 9.50. The van der Waals surface area contributed by atoms with Gasteiger partial charge in [0.25, 0.3) is 5.69 Å². The van der Waals surface area contributed by atoms with Crippen molar-refractivity contribution in [3.63, 3.8) is 0 Å². The molecule has 1 N–H and O–H groups in total. The molecule has 8 nitrogen and oxygen atoms in total. The molecule has 0 radical (unpaired) electrons. The molecule has 0 aliphatic carbocycles. The first kappa shape index (κ1) is 13.9. The highest BCUT2D eigenvalue weighted by Crippen LogP contribution is 2.24. The van der Waals surface area contributed by atoms with Crippen LogP contribution in [0.4, 0.5) is 5.69 Å². The van der Waals surface area contributed by atoms with Crippen molar-refractivity contribution < 1.29 is 24.4 Å². The minimum atomic E-state index is -1.38. The van der Waals surface area contributed by atoms with E-state index in [1.54, 1.807) is 0 Å². The van der Waals surface area contributed by atoms with Crippen molar-refractivity contribution in [3.8, 4) is 0 Å². The number of hydrogen-bond donors (Lipinski definition) is 1. The van der Waals surface area contributed by atoms with E-state index in [9.17, 15) is 19.7 Å². The fourth-order valence-electron chi connectivity index (χ4n) is 2.04. The summed E-state index contributed by atoms with van der Waals surface area (Å²) < 4.78 is 4.97. The number of amides is 1. The second-order valence-corrected chi connectivity index (χ2v) is 4.24. The largest absolute Gasteiger partial charge is 0.477 e. The second-order valence-electron chi connectivity index (χ2n) is 4.24. The van der Waals surface area contributed by atoms with Gasteiger partial charge in [0.1, 0.15) is 12.2 Å². The summed E-state index contributed by atoms with van der Waals surface area (Å²) in [7, 11) is 0. The van der Waals surface area contributed by atoms with Crippen LogP contribution in [0.25, 0.3) is 0 Å². The Balaban J connectivity index is 2.36. The Bertz CT molecular complexity index is 571. The van der Waals surface area contributed by atoms with Crippen molar-refractivity contribution in [3.05, 3.63) is 39.4 Å². The molecule has 1 amide bonds. The topological polar surface area (TPSA) is 110 Å². The first-order valence-electron chi connectivity index (χ1n) is 5.86. The molecule has 1 heterocycles. The van der Waals surface area contributed by atoms with E-state index in [-0.39, 0.29) is 30.2 Å². The number of rotatable bonds is 4. The number of carboxylic acid groups (broad SMARTS) is 1. The molecule has 0 atom stereocenters. The lowest BCUT2D eigenvalue weighted by atomic mass is 10.0. The Morgan fingerprint density at radius 2 is 2.25 bits per heavy atom. The van der Waals surface area contributed by atoms with Gasteiger partial charge in [0.15, 0.2) is 0 Å². The number of hydrogen-bond acceptors (Lipinski definition) is 5. The smallest absolute Gasteiger partial charge is 0.343 e. The van der Waals surface area contributed by atoms with Crippen LogP contribution in [0.2, 0.25) is 0 Å². The van der Waals surface area contributed by atoms with Crippen LogP contribution in [0.15, 0.2) is 18.2 Å². The molecule has 0 bridgehead atoms. The van der Waals surface area contributed by atoms with Gasteiger partial charge in [0.2, 0.25) is 5.91 Å². The maximum absolute atomic E-state index is 11.6. The van der Waals surface area contributed by atoms with Gasteiger partial charge in [-0.2, -0.15) is 0 Å². The Kier molecular flexibility index (Phi) is 3.94. The summed E-state index contributed by atoms with van der Waals surface area (Å²) in [6.45, 7) is 0.659. The fourth-order valence-corrected chi connectivity index (χ4v) is 2.04. The van der Waals surface area contributed by atoms with Crippen LogP contribution in [-0.2, 0) is 16.1 Å². The summed E-state index contributed by atoms with van der Waals surface area (Å²) in [5.41, 5.74) is -0.616. The summed E-state index contributed by atoms with van der Waals surface area (Å²) in [6.07, 6.45) is 0. The van der Waals surface area contributed by atoms with Gasteiger partial charge >= 0.3 is 5.97 Å². The van der Waals surface area contributed by atoms with Crippen molar-refractivity contribution in [1.82, 2.24) is 4.90 Å². The molecular formula is C12H12N2O6. The Labute approximate surface area is 113 Å². The number of benzene rings is 1. The monoisotopic (exact) mass is 280 g/mol. The quantitative estimate of drug-likeness (QED) is 0.640. The van der Waals surface area contributed by atoms with E-state index in [0.717, 1.165) is 6.07 Å². The predicted octanol–water partition coefficient (Wildman–Crippen LogP) is 0.652. The van der Waals surface area contributed by atoms with Gasteiger partial charge in [-0.3, -0.25) is 14.9 Å². The number of nitrogens with zero attached hydrogens (tertiary/aromatic N) is 2. The highest BCUT2D eigenvalue weighted by atomic mass is 16.6. The number of carbonyl (C=O) groups is 2. The van der Waals surface area contributed by atoms with Crippen LogP contribution in [0.3, 0.4) is 0 Å². The Morgan fingerprint density at radius 3 is 2.85 bits per heavy atom. The molecule has 8 heteroatoms. The Morgan fingerprint density at radius 1 is 1.50 bits per heavy atom. The number of carboxylic acids is 1. The molecule has 106 valence electrons. The lowest BCUT2D eigenvalue weighted by Gasteiger charge is -2.27. The zero-order chi connectivity index (χ0) is 14.7. The van der Waals surface area contributed by atoms with Crippen molar-refractivity contribution in [2.75, 3.05) is 19.8 Å². The van der Waals surface area contributed by atoms with Crippen molar-refractivity contribution in [2.45, 2.75) is 6.54 Å². The highest BCUT2D eigenvalue weighted by molar-refractivity contribution is 5.94. The molecule has 1 saturated heterocycles. The van der Waals surface area contributed by atoms with E-state index in [1.807, 2.05) is 0 Å². The predicted molar refractivity (Wildman–Crippen MR) is 66.3 cm³/mol. The average Bonchev–Trinajstić information content (AvgIpc) is 2.40. The zero-order valence-corrected chi connectivity index (χ0v) is 10.4. The number of ether oxygens (including phenoxy) is 1. The Hall–Kier alpha value is -2.48. The summed E-state index contributed by atoms with van der Waals surface area (Å²) in [5.74, 6) is -1.65. The second kappa shape index (κ2) is 5.66. The maximum Gasteiger partial charge on any atom is 0.343 e. The van der Waals surface area contributed by atoms with Crippen molar-refractivity contribution in [1.29, 1.82) is 0 Å². The fraction of sp³-hybridized carbons (Fsp3) is 0.333. The molecule has 0 saturated carbocycles. The van der Waals surface area contributed by atoms with Gasteiger partial charge in [-0.1, -0.05) is 12.1 Å². The SMILES string of the molecule is O=C(O)c1c(CN2CCOCC2=O)cccc1[N+](=O)[O-]. The van der Waals surface area contributed by atoms with Crippen LogP contribution >= 0.6 is 0 Å². The van der Waals surface area contributed by atoms with E-state index in [1.165, 1.54) is 17.0 Å². The minimum Gasteiger partial charge on any atom is -0.477 e. The summed E-state index contributed by atoms with van der Waals surface area (Å²) in [5, 5.41) is 20.0. The van der Waals surface area contributed by atoms with Crippen molar-refractivity contribution >= 4 is 17.6 Å².